The predicted molar refractivity (Wildman–Crippen MR) is 56.2 cm³/mol. The number of esters is 1. The molecule has 0 spiro atoms. The van der Waals surface area contributed by atoms with Gasteiger partial charge in [-0.2, -0.15) is 0 Å². The Morgan fingerprint density at radius 3 is 2.81 bits per heavy atom. The Balaban J connectivity index is 2.70. The second-order valence-electron chi connectivity index (χ2n) is 3.20. The van der Waals surface area contributed by atoms with Gasteiger partial charge in [0.25, 0.3) is 0 Å². The smallest absolute Gasteiger partial charge is 0.339 e. The second-order valence-corrected chi connectivity index (χ2v) is 3.20. The minimum Gasteiger partial charge on any atom is -0.481 e. The van der Waals surface area contributed by atoms with E-state index in [1.54, 1.807) is 19.2 Å². The molecule has 1 heterocycles. The van der Waals surface area contributed by atoms with Crippen molar-refractivity contribution in [2.45, 2.75) is 19.8 Å². The van der Waals surface area contributed by atoms with Crippen LogP contribution in [-0.2, 0) is 16.0 Å². The van der Waals surface area contributed by atoms with Crippen LogP contribution >= 0.6 is 0 Å². The van der Waals surface area contributed by atoms with Gasteiger partial charge in [0.2, 0.25) is 0 Å². The molecule has 5 heteroatoms. The number of rotatable bonds is 5. The summed E-state index contributed by atoms with van der Waals surface area (Å²) in [4.78, 5) is 25.6. The minimum atomic E-state index is -0.874. The largest absolute Gasteiger partial charge is 0.481 e. The van der Waals surface area contributed by atoms with Gasteiger partial charge in [-0.05, 0) is 25.0 Å². The van der Waals surface area contributed by atoms with E-state index in [9.17, 15) is 9.59 Å². The number of aryl methyl sites for hydroxylation is 1. The number of aromatic nitrogens is 1. The van der Waals surface area contributed by atoms with Crippen molar-refractivity contribution in [1.29, 1.82) is 0 Å². The molecule has 16 heavy (non-hydrogen) atoms. The van der Waals surface area contributed by atoms with Crippen molar-refractivity contribution in [3.05, 3.63) is 29.6 Å². The van der Waals surface area contributed by atoms with Gasteiger partial charge < -0.3 is 9.84 Å². The van der Waals surface area contributed by atoms with E-state index in [4.69, 9.17) is 9.84 Å². The van der Waals surface area contributed by atoms with Crippen LogP contribution in [0, 0.1) is 0 Å². The van der Waals surface area contributed by atoms with Crippen LogP contribution < -0.4 is 0 Å². The van der Waals surface area contributed by atoms with E-state index in [-0.39, 0.29) is 6.42 Å². The molecule has 0 aromatic carbocycles. The van der Waals surface area contributed by atoms with Crippen molar-refractivity contribution in [1.82, 2.24) is 4.98 Å². The molecule has 1 aromatic rings. The molecule has 0 saturated heterocycles. The zero-order valence-electron chi connectivity index (χ0n) is 8.97. The number of nitrogens with zero attached hydrogens (tertiary/aromatic N) is 1. The molecule has 5 nitrogen and oxygen atoms in total. The molecule has 0 fully saturated rings. The van der Waals surface area contributed by atoms with Crippen LogP contribution in [0.5, 0.6) is 0 Å². The van der Waals surface area contributed by atoms with Crippen LogP contribution in [0.2, 0.25) is 0 Å². The Morgan fingerprint density at radius 1 is 1.44 bits per heavy atom. The summed E-state index contributed by atoms with van der Waals surface area (Å²) in [6.45, 7) is 2.03. The van der Waals surface area contributed by atoms with E-state index >= 15 is 0 Å². The van der Waals surface area contributed by atoms with Gasteiger partial charge in [-0.1, -0.05) is 0 Å². The van der Waals surface area contributed by atoms with Gasteiger partial charge in [-0.15, -0.1) is 0 Å². The molecule has 0 aliphatic rings. The predicted octanol–water partition coefficient (Wildman–Crippen LogP) is 1.28. The van der Waals surface area contributed by atoms with Gasteiger partial charge in [0.1, 0.15) is 0 Å². The van der Waals surface area contributed by atoms with Gasteiger partial charge in [0.15, 0.2) is 0 Å². The van der Waals surface area contributed by atoms with E-state index in [2.05, 4.69) is 4.98 Å². The van der Waals surface area contributed by atoms with Crippen molar-refractivity contribution >= 4 is 11.9 Å². The molecule has 1 rings (SSSR count). The summed E-state index contributed by atoms with van der Waals surface area (Å²) in [5.74, 6) is -1.31. The zero-order chi connectivity index (χ0) is 12.0. The van der Waals surface area contributed by atoms with E-state index in [0.29, 0.717) is 24.2 Å². The fraction of sp³-hybridized carbons (Fsp3) is 0.364. The molecule has 0 radical (unpaired) electrons. The standard InChI is InChI=1S/C11H13NO4/c1-2-16-11(15)9-5-8(6-12-7-9)3-4-10(13)14/h5-7H,2-4H2,1H3,(H,13,14). The van der Waals surface area contributed by atoms with Crippen LogP contribution in [-0.4, -0.2) is 28.6 Å². The van der Waals surface area contributed by atoms with E-state index in [1.165, 1.54) is 6.20 Å². The third-order valence-corrected chi connectivity index (χ3v) is 1.93. The van der Waals surface area contributed by atoms with E-state index in [0.717, 1.165) is 0 Å². The molecule has 0 aliphatic carbocycles. The lowest BCUT2D eigenvalue weighted by Crippen LogP contribution is -2.06. The molecule has 0 unspecified atom stereocenters. The molecule has 0 bridgehead atoms. The van der Waals surface area contributed by atoms with Crippen molar-refractivity contribution < 1.29 is 19.4 Å². The average molecular weight is 223 g/mol. The Labute approximate surface area is 93.1 Å². The summed E-state index contributed by atoms with van der Waals surface area (Å²) in [6.07, 6.45) is 3.33. The van der Waals surface area contributed by atoms with Crippen molar-refractivity contribution in [3.8, 4) is 0 Å². The van der Waals surface area contributed by atoms with Crippen LogP contribution in [0.15, 0.2) is 18.5 Å². The topological polar surface area (TPSA) is 76.5 Å². The van der Waals surface area contributed by atoms with Crippen molar-refractivity contribution in [3.63, 3.8) is 0 Å². The Kier molecular flexibility index (Phi) is 4.44. The molecule has 1 aromatic heterocycles. The van der Waals surface area contributed by atoms with Gasteiger partial charge in [-0.25, -0.2) is 4.79 Å². The molecular weight excluding hydrogens is 210 g/mol. The first-order chi connectivity index (χ1) is 7.63. The minimum absolute atomic E-state index is 0.0218. The molecule has 1 N–H and O–H groups in total. The molecule has 86 valence electrons. The lowest BCUT2D eigenvalue weighted by atomic mass is 10.1. The van der Waals surface area contributed by atoms with Crippen molar-refractivity contribution in [2.24, 2.45) is 0 Å². The highest BCUT2D eigenvalue weighted by molar-refractivity contribution is 5.89. The van der Waals surface area contributed by atoms with Crippen molar-refractivity contribution in [2.75, 3.05) is 6.61 Å². The third kappa shape index (κ3) is 3.68. The van der Waals surface area contributed by atoms with E-state index in [1.807, 2.05) is 0 Å². The first kappa shape index (κ1) is 12.2. The maximum atomic E-state index is 11.4. The average Bonchev–Trinajstić information content (AvgIpc) is 2.27. The summed E-state index contributed by atoms with van der Waals surface area (Å²) in [5, 5.41) is 8.53. The lowest BCUT2D eigenvalue weighted by molar-refractivity contribution is -0.136. The van der Waals surface area contributed by atoms with E-state index < -0.39 is 11.9 Å². The highest BCUT2D eigenvalue weighted by atomic mass is 16.5. The Morgan fingerprint density at radius 2 is 2.19 bits per heavy atom. The van der Waals surface area contributed by atoms with Gasteiger partial charge >= 0.3 is 11.9 Å². The first-order valence-electron chi connectivity index (χ1n) is 4.96. The number of carboxylic acid groups (broad SMARTS) is 1. The third-order valence-electron chi connectivity index (χ3n) is 1.93. The Bertz CT molecular complexity index is 389. The van der Waals surface area contributed by atoms with Crippen LogP contribution in [0.1, 0.15) is 29.3 Å². The molecule has 0 saturated carbocycles. The summed E-state index contributed by atoms with van der Waals surface area (Å²) in [5.41, 5.74) is 1.07. The lowest BCUT2D eigenvalue weighted by Gasteiger charge is -2.03. The maximum Gasteiger partial charge on any atom is 0.339 e. The monoisotopic (exact) mass is 223 g/mol. The zero-order valence-corrected chi connectivity index (χ0v) is 8.97. The van der Waals surface area contributed by atoms with Gasteiger partial charge in [0, 0.05) is 18.8 Å². The molecule has 0 amide bonds. The normalized spacial score (nSPS) is 9.81. The summed E-state index contributed by atoms with van der Waals surface area (Å²) in [7, 11) is 0. The summed E-state index contributed by atoms with van der Waals surface area (Å²) in [6, 6.07) is 1.61. The van der Waals surface area contributed by atoms with Gasteiger partial charge in [-0.3, -0.25) is 9.78 Å². The molecule has 0 aliphatic heterocycles. The highest BCUT2D eigenvalue weighted by Gasteiger charge is 2.08. The molecular formula is C11H13NO4. The van der Waals surface area contributed by atoms with Crippen LogP contribution in [0.25, 0.3) is 0 Å². The number of hydrogen-bond acceptors (Lipinski definition) is 4. The first-order valence-corrected chi connectivity index (χ1v) is 4.96. The second kappa shape index (κ2) is 5.85. The highest BCUT2D eigenvalue weighted by Crippen LogP contribution is 2.07. The van der Waals surface area contributed by atoms with Gasteiger partial charge in [0.05, 0.1) is 12.2 Å². The number of ether oxygens (including phenoxy) is 1. The number of pyridine rings is 1. The fourth-order valence-corrected chi connectivity index (χ4v) is 1.20. The summed E-state index contributed by atoms with van der Waals surface area (Å²) >= 11 is 0. The SMILES string of the molecule is CCOC(=O)c1cncc(CCC(=O)O)c1. The number of carboxylic acids is 1. The Hall–Kier alpha value is -1.91. The fourth-order valence-electron chi connectivity index (χ4n) is 1.20. The number of hydrogen-bond donors (Lipinski definition) is 1. The van der Waals surface area contributed by atoms with Crippen LogP contribution in [0.3, 0.4) is 0 Å². The van der Waals surface area contributed by atoms with Crippen LogP contribution in [0.4, 0.5) is 0 Å². The summed E-state index contributed by atoms with van der Waals surface area (Å²) < 4.78 is 4.81. The number of carbonyl (C=O) groups is 2. The number of carbonyl (C=O) groups excluding carboxylic acids is 1. The quantitative estimate of drug-likeness (QED) is 0.761. The maximum absolute atomic E-state index is 11.4. The number of aliphatic carboxylic acids is 1. The molecule has 0 atom stereocenters.